The van der Waals surface area contributed by atoms with Crippen molar-refractivity contribution in [3.63, 3.8) is 0 Å². The van der Waals surface area contributed by atoms with Crippen LogP contribution in [0.1, 0.15) is 25.3 Å². The van der Waals surface area contributed by atoms with Gasteiger partial charge in [0.05, 0.1) is 5.41 Å². The van der Waals surface area contributed by atoms with Crippen LogP contribution in [0.5, 0.6) is 0 Å². The molecule has 0 aliphatic heterocycles. The Morgan fingerprint density at radius 2 is 2.07 bits per heavy atom. The number of hydrogen-bond donors (Lipinski definition) is 1. The van der Waals surface area contributed by atoms with E-state index in [1.54, 1.807) is 0 Å². The first-order valence-corrected chi connectivity index (χ1v) is 5.38. The largest absolute Gasteiger partial charge is 0.481 e. The molecule has 3 atom stereocenters. The SMILES string of the molecule is CC12CC1C(C(=O)O)(c1ccccc1)C2. The van der Waals surface area contributed by atoms with Gasteiger partial charge in [0, 0.05) is 0 Å². The maximum Gasteiger partial charge on any atom is 0.314 e. The van der Waals surface area contributed by atoms with E-state index in [9.17, 15) is 9.90 Å². The normalized spacial score (nSPS) is 41.5. The molecule has 2 aliphatic rings. The van der Waals surface area contributed by atoms with Gasteiger partial charge in [0.2, 0.25) is 0 Å². The predicted octanol–water partition coefficient (Wildman–Crippen LogP) is 2.44. The van der Waals surface area contributed by atoms with E-state index in [0.29, 0.717) is 11.3 Å². The van der Waals surface area contributed by atoms with Gasteiger partial charge in [0.15, 0.2) is 0 Å². The minimum Gasteiger partial charge on any atom is -0.481 e. The Bertz CT molecular complexity index is 425. The molecule has 3 unspecified atom stereocenters. The Labute approximate surface area is 88.9 Å². The molecule has 3 rings (SSSR count). The molecular formula is C13H14O2. The van der Waals surface area contributed by atoms with Crippen LogP contribution >= 0.6 is 0 Å². The third-order valence-electron chi connectivity index (χ3n) is 4.30. The highest BCUT2D eigenvalue weighted by molar-refractivity contribution is 5.85. The van der Waals surface area contributed by atoms with Crippen LogP contribution < -0.4 is 0 Å². The first-order chi connectivity index (χ1) is 7.09. The summed E-state index contributed by atoms with van der Waals surface area (Å²) in [6.45, 7) is 2.20. The maximum atomic E-state index is 11.5. The second-order valence-electron chi connectivity index (χ2n) is 5.23. The zero-order valence-electron chi connectivity index (χ0n) is 8.73. The molecule has 0 aromatic heterocycles. The van der Waals surface area contributed by atoms with Gasteiger partial charge in [-0.05, 0) is 29.7 Å². The fourth-order valence-electron chi connectivity index (χ4n) is 3.39. The standard InChI is InChI=1S/C13H14O2/c1-12-7-10(12)13(8-12,11(14)15)9-5-3-2-4-6-9/h2-6,10H,7-8H2,1H3,(H,14,15). The number of carboxylic acid groups (broad SMARTS) is 1. The van der Waals surface area contributed by atoms with E-state index in [4.69, 9.17) is 0 Å². The van der Waals surface area contributed by atoms with E-state index in [1.807, 2.05) is 30.3 Å². The van der Waals surface area contributed by atoms with Gasteiger partial charge in [-0.3, -0.25) is 4.79 Å². The van der Waals surface area contributed by atoms with Crippen LogP contribution in [0, 0.1) is 11.3 Å². The van der Waals surface area contributed by atoms with Gasteiger partial charge in [-0.15, -0.1) is 0 Å². The lowest BCUT2D eigenvalue weighted by molar-refractivity contribution is -0.150. The average molecular weight is 202 g/mol. The highest BCUT2D eigenvalue weighted by Gasteiger charge is 2.75. The van der Waals surface area contributed by atoms with Gasteiger partial charge in [-0.1, -0.05) is 37.3 Å². The third-order valence-corrected chi connectivity index (χ3v) is 4.30. The summed E-state index contributed by atoms with van der Waals surface area (Å²) in [6.07, 6.45) is 1.89. The molecule has 2 fully saturated rings. The smallest absolute Gasteiger partial charge is 0.314 e. The molecule has 0 saturated heterocycles. The molecular weight excluding hydrogens is 188 g/mol. The number of aliphatic carboxylic acids is 1. The lowest BCUT2D eigenvalue weighted by Crippen LogP contribution is -2.48. The second kappa shape index (κ2) is 2.43. The van der Waals surface area contributed by atoms with Gasteiger partial charge in [-0.25, -0.2) is 0 Å². The topological polar surface area (TPSA) is 37.3 Å². The van der Waals surface area contributed by atoms with Crippen molar-refractivity contribution in [3.8, 4) is 0 Å². The van der Waals surface area contributed by atoms with Crippen molar-refractivity contribution < 1.29 is 9.90 Å². The maximum absolute atomic E-state index is 11.5. The Balaban J connectivity index is 2.05. The fraction of sp³-hybridized carbons (Fsp3) is 0.462. The fourth-order valence-corrected chi connectivity index (χ4v) is 3.39. The Morgan fingerprint density at radius 3 is 2.47 bits per heavy atom. The minimum absolute atomic E-state index is 0.328. The molecule has 0 heterocycles. The van der Waals surface area contributed by atoms with E-state index >= 15 is 0 Å². The Morgan fingerprint density at radius 1 is 1.40 bits per heavy atom. The zero-order chi connectivity index (χ0) is 10.7. The average Bonchev–Trinajstić information content (AvgIpc) is 2.75. The Hall–Kier alpha value is -1.31. The van der Waals surface area contributed by atoms with Crippen LogP contribution in [0.2, 0.25) is 0 Å². The van der Waals surface area contributed by atoms with E-state index in [0.717, 1.165) is 18.4 Å². The highest BCUT2D eigenvalue weighted by Crippen LogP contribution is 2.76. The molecule has 2 nitrogen and oxygen atoms in total. The molecule has 1 aromatic carbocycles. The van der Waals surface area contributed by atoms with Gasteiger partial charge >= 0.3 is 5.97 Å². The molecule has 0 spiro atoms. The number of carbonyl (C=O) groups is 1. The van der Waals surface area contributed by atoms with Gasteiger partial charge in [0.1, 0.15) is 0 Å². The summed E-state index contributed by atoms with van der Waals surface area (Å²) >= 11 is 0. The first-order valence-electron chi connectivity index (χ1n) is 5.38. The van der Waals surface area contributed by atoms with Crippen molar-refractivity contribution in [2.45, 2.75) is 25.2 Å². The van der Waals surface area contributed by atoms with Gasteiger partial charge in [0.25, 0.3) is 0 Å². The molecule has 15 heavy (non-hydrogen) atoms. The van der Waals surface area contributed by atoms with Crippen molar-refractivity contribution in [3.05, 3.63) is 35.9 Å². The van der Waals surface area contributed by atoms with Crippen LogP contribution in [0.3, 0.4) is 0 Å². The molecule has 1 N–H and O–H groups in total. The number of benzene rings is 1. The number of hydrogen-bond acceptors (Lipinski definition) is 1. The van der Waals surface area contributed by atoms with E-state index in [-0.39, 0.29) is 0 Å². The molecule has 0 bridgehead atoms. The predicted molar refractivity (Wildman–Crippen MR) is 56.6 cm³/mol. The van der Waals surface area contributed by atoms with E-state index in [1.165, 1.54) is 0 Å². The van der Waals surface area contributed by atoms with E-state index in [2.05, 4.69) is 6.92 Å². The van der Waals surface area contributed by atoms with Crippen LogP contribution in [-0.2, 0) is 10.2 Å². The lowest BCUT2D eigenvalue weighted by atomic mass is 9.59. The van der Waals surface area contributed by atoms with Crippen molar-refractivity contribution >= 4 is 5.97 Å². The van der Waals surface area contributed by atoms with Crippen molar-refractivity contribution in [1.29, 1.82) is 0 Å². The third kappa shape index (κ3) is 0.921. The van der Waals surface area contributed by atoms with Crippen LogP contribution in [-0.4, -0.2) is 11.1 Å². The van der Waals surface area contributed by atoms with Gasteiger partial charge < -0.3 is 5.11 Å². The van der Waals surface area contributed by atoms with E-state index < -0.39 is 11.4 Å². The van der Waals surface area contributed by atoms with Crippen LogP contribution in [0.15, 0.2) is 30.3 Å². The van der Waals surface area contributed by atoms with Crippen molar-refractivity contribution in [1.82, 2.24) is 0 Å². The monoisotopic (exact) mass is 202 g/mol. The summed E-state index contributed by atoms with van der Waals surface area (Å²) in [5.74, 6) is -0.279. The molecule has 78 valence electrons. The summed E-state index contributed by atoms with van der Waals surface area (Å²) in [5, 5.41) is 9.45. The molecule has 2 heteroatoms. The van der Waals surface area contributed by atoms with Crippen molar-refractivity contribution in [2.24, 2.45) is 11.3 Å². The summed E-state index contributed by atoms with van der Waals surface area (Å²) in [4.78, 5) is 11.5. The Kier molecular flexibility index (Phi) is 1.45. The van der Waals surface area contributed by atoms with Crippen LogP contribution in [0.4, 0.5) is 0 Å². The molecule has 2 aliphatic carbocycles. The van der Waals surface area contributed by atoms with Crippen LogP contribution in [0.25, 0.3) is 0 Å². The molecule has 1 aromatic rings. The summed E-state index contributed by atoms with van der Waals surface area (Å²) in [6, 6.07) is 9.69. The first kappa shape index (κ1) is 8.96. The summed E-state index contributed by atoms with van der Waals surface area (Å²) < 4.78 is 0. The zero-order valence-corrected chi connectivity index (χ0v) is 8.73. The second-order valence-corrected chi connectivity index (χ2v) is 5.23. The van der Waals surface area contributed by atoms with Crippen molar-refractivity contribution in [2.75, 3.05) is 0 Å². The highest BCUT2D eigenvalue weighted by atomic mass is 16.4. The molecule has 2 saturated carbocycles. The number of rotatable bonds is 2. The molecule has 0 amide bonds. The molecule has 0 radical (unpaired) electrons. The lowest BCUT2D eigenvalue weighted by Gasteiger charge is -2.42. The number of carboxylic acids is 1. The summed E-state index contributed by atoms with van der Waals surface area (Å²) in [5.41, 5.74) is 0.738. The number of fused-ring (bicyclic) bond motifs is 1. The summed E-state index contributed by atoms with van der Waals surface area (Å²) in [7, 11) is 0. The quantitative estimate of drug-likeness (QED) is 0.799. The minimum atomic E-state index is -0.645. The van der Waals surface area contributed by atoms with Gasteiger partial charge in [-0.2, -0.15) is 0 Å².